The molecule has 0 aromatic carbocycles. The van der Waals surface area contributed by atoms with Gasteiger partial charge in [-0.25, -0.2) is 0 Å². The third-order valence-corrected chi connectivity index (χ3v) is 4.46. The van der Waals surface area contributed by atoms with Crippen LogP contribution in [0.15, 0.2) is 12.7 Å². The Labute approximate surface area is 125 Å². The van der Waals surface area contributed by atoms with Gasteiger partial charge in [-0.1, -0.05) is 6.08 Å². The number of aliphatic hydroxyl groups is 2. The Hall–Kier alpha value is -2.08. The number of nitriles is 1. The fourth-order valence-electron chi connectivity index (χ4n) is 2.11. The van der Waals surface area contributed by atoms with Gasteiger partial charge in [-0.3, -0.25) is 4.79 Å². The molecule has 0 aliphatic carbocycles. The molecule has 2 rings (SSSR count). The van der Waals surface area contributed by atoms with Crippen LogP contribution in [0.4, 0.5) is 10.7 Å². The zero-order valence-electron chi connectivity index (χ0n) is 11.2. The summed E-state index contributed by atoms with van der Waals surface area (Å²) in [6.45, 7) is 4.20. The van der Waals surface area contributed by atoms with Gasteiger partial charge in [0.05, 0.1) is 17.9 Å². The highest BCUT2D eigenvalue weighted by Gasteiger charge is 2.33. The van der Waals surface area contributed by atoms with Crippen LogP contribution in [0.25, 0.3) is 0 Å². The summed E-state index contributed by atoms with van der Waals surface area (Å²) in [7, 11) is 0. The number of thiophene rings is 1. The summed E-state index contributed by atoms with van der Waals surface area (Å²) in [4.78, 5) is 13.9. The van der Waals surface area contributed by atoms with Gasteiger partial charge >= 0.3 is 0 Å². The molecule has 1 fully saturated rings. The molecule has 1 amide bonds. The Bertz CT molecular complexity index is 597. The van der Waals surface area contributed by atoms with Crippen molar-refractivity contribution >= 4 is 27.9 Å². The van der Waals surface area contributed by atoms with Crippen molar-refractivity contribution in [3.63, 3.8) is 0 Å². The minimum Gasteiger partial charge on any atom is -0.396 e. The van der Waals surface area contributed by atoms with Gasteiger partial charge in [0.15, 0.2) is 0 Å². The Kier molecular flexibility index (Phi) is 4.47. The first-order valence-electron chi connectivity index (χ1n) is 6.32. The number of hydrogen-bond donors (Lipinski definition) is 4. The second-order valence-corrected chi connectivity index (χ2v) is 5.67. The molecule has 2 heterocycles. The third-order valence-electron chi connectivity index (χ3n) is 3.20. The van der Waals surface area contributed by atoms with Gasteiger partial charge in [0.1, 0.15) is 21.5 Å². The highest BCUT2D eigenvalue weighted by molar-refractivity contribution is 7.19. The van der Waals surface area contributed by atoms with Gasteiger partial charge in [0.25, 0.3) is 5.91 Å². The molecule has 0 spiro atoms. The van der Waals surface area contributed by atoms with E-state index in [0.717, 1.165) is 11.3 Å². The molecule has 1 aliphatic heterocycles. The minimum absolute atomic E-state index is 0.120. The number of nitrogens with one attached hydrogen (secondary N) is 1. The maximum atomic E-state index is 12.0. The van der Waals surface area contributed by atoms with Crippen LogP contribution in [0.2, 0.25) is 0 Å². The largest absolute Gasteiger partial charge is 0.396 e. The number of nitrogen functional groups attached to an aromatic ring is 1. The van der Waals surface area contributed by atoms with Crippen molar-refractivity contribution < 1.29 is 15.0 Å². The number of carbonyl (C=O) groups excluding carboxylic acids is 1. The second-order valence-electron chi connectivity index (χ2n) is 4.68. The van der Waals surface area contributed by atoms with Crippen molar-refractivity contribution in [1.82, 2.24) is 5.32 Å². The fraction of sp³-hybridized carbons (Fsp3) is 0.385. The lowest BCUT2D eigenvalue weighted by Crippen LogP contribution is -2.23. The first kappa shape index (κ1) is 15.3. The Morgan fingerprint density at radius 3 is 2.71 bits per heavy atom. The van der Waals surface area contributed by atoms with E-state index in [2.05, 4.69) is 11.9 Å². The highest BCUT2D eigenvalue weighted by Crippen LogP contribution is 2.39. The maximum absolute atomic E-state index is 12.0. The summed E-state index contributed by atoms with van der Waals surface area (Å²) in [5, 5.41) is 31.5. The smallest absolute Gasteiger partial charge is 0.263 e. The summed E-state index contributed by atoms with van der Waals surface area (Å²) < 4.78 is 0. The first-order chi connectivity index (χ1) is 9.99. The number of nitrogens with two attached hydrogens (primary N) is 1. The molecule has 0 saturated carbocycles. The van der Waals surface area contributed by atoms with Crippen LogP contribution in [-0.4, -0.2) is 48.0 Å². The molecule has 0 radical (unpaired) electrons. The van der Waals surface area contributed by atoms with E-state index in [1.54, 1.807) is 11.0 Å². The van der Waals surface area contributed by atoms with Crippen LogP contribution in [0.1, 0.15) is 15.2 Å². The average molecular weight is 308 g/mol. The normalized spacial score (nSPS) is 21.1. The molecule has 112 valence electrons. The van der Waals surface area contributed by atoms with E-state index >= 15 is 0 Å². The quantitative estimate of drug-likeness (QED) is 0.564. The number of anilines is 2. The zero-order valence-corrected chi connectivity index (χ0v) is 12.1. The van der Waals surface area contributed by atoms with E-state index in [-0.39, 0.29) is 35.1 Å². The molecule has 1 saturated heterocycles. The summed E-state index contributed by atoms with van der Waals surface area (Å²) in [6.07, 6.45) is -0.211. The standard InChI is InChI=1S/C13H16N4O3S/c1-2-3-16-12(20)11-10(15)7(4-14)13(21-11)17-5-8(18)9(19)6-17/h2,8-9,18-19H,1,3,5-6,15H2,(H,16,20). The fourth-order valence-corrected chi connectivity index (χ4v) is 3.22. The lowest BCUT2D eigenvalue weighted by atomic mass is 10.2. The number of nitrogens with zero attached hydrogens (tertiary/aromatic N) is 2. The average Bonchev–Trinajstić information content (AvgIpc) is 2.96. The van der Waals surface area contributed by atoms with Gasteiger partial charge in [-0.2, -0.15) is 5.26 Å². The summed E-state index contributed by atoms with van der Waals surface area (Å²) >= 11 is 1.08. The Morgan fingerprint density at radius 1 is 1.57 bits per heavy atom. The summed E-state index contributed by atoms with van der Waals surface area (Å²) in [5.41, 5.74) is 6.19. The summed E-state index contributed by atoms with van der Waals surface area (Å²) in [6, 6.07) is 1.98. The Morgan fingerprint density at radius 2 is 2.19 bits per heavy atom. The number of hydrogen-bond acceptors (Lipinski definition) is 7. The molecule has 1 aliphatic rings. The van der Waals surface area contributed by atoms with Gasteiger partial charge < -0.3 is 26.2 Å². The zero-order chi connectivity index (χ0) is 15.6. The Balaban J connectivity index is 2.33. The van der Waals surface area contributed by atoms with E-state index in [0.29, 0.717) is 11.5 Å². The van der Waals surface area contributed by atoms with Crippen molar-refractivity contribution in [3.8, 4) is 6.07 Å². The molecule has 1 aromatic rings. The number of β-amino-alcohol motifs (C(OH)–C–C–N with tert-alkyl or cyclic N) is 2. The van der Waals surface area contributed by atoms with Crippen LogP contribution in [0, 0.1) is 11.3 Å². The van der Waals surface area contributed by atoms with E-state index in [1.165, 1.54) is 0 Å². The van der Waals surface area contributed by atoms with E-state index in [1.807, 2.05) is 6.07 Å². The molecule has 8 heteroatoms. The van der Waals surface area contributed by atoms with Gasteiger partial charge in [-0.05, 0) is 0 Å². The van der Waals surface area contributed by atoms with Crippen molar-refractivity contribution in [2.24, 2.45) is 0 Å². The molecule has 1 aromatic heterocycles. The SMILES string of the molecule is C=CCNC(=O)c1sc(N2CC(O)C(O)C2)c(C#N)c1N. The molecule has 2 unspecified atom stereocenters. The van der Waals surface area contributed by atoms with Crippen LogP contribution in [0.3, 0.4) is 0 Å². The minimum atomic E-state index is -0.877. The number of carbonyl (C=O) groups is 1. The van der Waals surface area contributed by atoms with Crippen LogP contribution in [-0.2, 0) is 0 Å². The van der Waals surface area contributed by atoms with Crippen molar-refractivity contribution in [2.45, 2.75) is 12.2 Å². The number of aliphatic hydroxyl groups excluding tert-OH is 2. The lowest BCUT2D eigenvalue weighted by Gasteiger charge is -2.15. The van der Waals surface area contributed by atoms with Crippen molar-refractivity contribution in [1.29, 1.82) is 5.26 Å². The molecular weight excluding hydrogens is 292 g/mol. The predicted octanol–water partition coefficient (Wildman–Crippen LogP) is -0.340. The molecular formula is C13H16N4O3S. The van der Waals surface area contributed by atoms with Crippen molar-refractivity contribution in [2.75, 3.05) is 30.3 Å². The van der Waals surface area contributed by atoms with Crippen LogP contribution >= 0.6 is 11.3 Å². The first-order valence-corrected chi connectivity index (χ1v) is 7.13. The van der Waals surface area contributed by atoms with Crippen LogP contribution < -0.4 is 16.0 Å². The molecule has 5 N–H and O–H groups in total. The molecule has 7 nitrogen and oxygen atoms in total. The van der Waals surface area contributed by atoms with Gasteiger partial charge in [0.2, 0.25) is 0 Å². The van der Waals surface area contributed by atoms with E-state index < -0.39 is 12.2 Å². The van der Waals surface area contributed by atoms with E-state index in [9.17, 15) is 20.3 Å². The molecule has 21 heavy (non-hydrogen) atoms. The monoisotopic (exact) mass is 308 g/mol. The third kappa shape index (κ3) is 2.85. The van der Waals surface area contributed by atoms with Crippen molar-refractivity contribution in [3.05, 3.63) is 23.1 Å². The van der Waals surface area contributed by atoms with E-state index in [4.69, 9.17) is 5.73 Å². The number of amides is 1. The van der Waals surface area contributed by atoms with Gasteiger partial charge in [0, 0.05) is 19.6 Å². The molecule has 0 bridgehead atoms. The summed E-state index contributed by atoms with van der Waals surface area (Å²) in [5.74, 6) is -0.375. The lowest BCUT2D eigenvalue weighted by molar-refractivity contribution is 0.0572. The highest BCUT2D eigenvalue weighted by atomic mass is 32.1. The molecule has 2 atom stereocenters. The van der Waals surface area contributed by atoms with Gasteiger partial charge in [-0.15, -0.1) is 17.9 Å². The maximum Gasteiger partial charge on any atom is 0.263 e. The van der Waals surface area contributed by atoms with Crippen LogP contribution in [0.5, 0.6) is 0 Å². The number of rotatable bonds is 4. The second kappa shape index (κ2) is 6.13. The topological polar surface area (TPSA) is 123 Å². The predicted molar refractivity (Wildman–Crippen MR) is 80.2 cm³/mol.